The van der Waals surface area contributed by atoms with E-state index in [0.29, 0.717) is 11.5 Å². The third-order valence-corrected chi connectivity index (χ3v) is 5.75. The Labute approximate surface area is 181 Å². The Kier molecular flexibility index (Phi) is 7.56. The van der Waals surface area contributed by atoms with Crippen LogP contribution in [0, 0.1) is 23.4 Å². The Morgan fingerprint density at radius 2 is 1.56 bits per heavy atom. The average molecular weight is 464 g/mol. The van der Waals surface area contributed by atoms with Crippen molar-refractivity contribution in [1.29, 1.82) is 0 Å². The van der Waals surface area contributed by atoms with Gasteiger partial charge in [0.2, 0.25) is 0 Å². The first-order valence-electron chi connectivity index (χ1n) is 10.4. The summed E-state index contributed by atoms with van der Waals surface area (Å²) in [6, 6.07) is 3.86. The molecule has 176 valence electrons. The topological polar surface area (TPSA) is 18.5 Å². The molecule has 3 rings (SSSR count). The van der Waals surface area contributed by atoms with E-state index in [1.54, 1.807) is 0 Å². The van der Waals surface area contributed by atoms with Crippen LogP contribution in [-0.2, 0) is 6.11 Å². The highest BCUT2D eigenvalue weighted by Crippen LogP contribution is 2.40. The number of hydrogen-bond donors (Lipinski definition) is 0. The number of benzene rings is 2. The average Bonchev–Trinajstić information content (AvgIpc) is 2.71. The highest BCUT2D eigenvalue weighted by Gasteiger charge is 2.38. The molecule has 0 radical (unpaired) electrons. The second kappa shape index (κ2) is 10.0. The lowest BCUT2D eigenvalue weighted by atomic mass is 9.77. The van der Waals surface area contributed by atoms with Crippen LogP contribution in [0.2, 0.25) is 0 Å². The zero-order chi connectivity index (χ0) is 23.5. The molecular weight excluding hydrogens is 441 g/mol. The molecule has 0 unspecified atom stereocenters. The Hall–Kier alpha value is -2.45. The Bertz CT molecular complexity index is 902. The van der Waals surface area contributed by atoms with Crippen molar-refractivity contribution in [2.45, 2.75) is 64.1 Å². The Morgan fingerprint density at radius 1 is 0.938 bits per heavy atom. The minimum absolute atomic E-state index is 0.0757. The van der Waals surface area contributed by atoms with Gasteiger partial charge in [-0.05, 0) is 55.2 Å². The number of alkyl halides is 4. The van der Waals surface area contributed by atoms with E-state index in [9.17, 15) is 30.7 Å². The molecule has 0 aliphatic heterocycles. The summed E-state index contributed by atoms with van der Waals surface area (Å²) in [7, 11) is 0. The van der Waals surface area contributed by atoms with Crippen LogP contribution in [0.3, 0.4) is 0 Å². The van der Waals surface area contributed by atoms with Crippen molar-refractivity contribution in [3.8, 4) is 11.5 Å². The molecule has 1 fully saturated rings. The van der Waals surface area contributed by atoms with Gasteiger partial charge in [-0.1, -0.05) is 25.8 Å². The molecule has 2 aromatic carbocycles. The molecule has 0 heterocycles. The fourth-order valence-electron chi connectivity index (χ4n) is 4.21. The normalized spacial score (nSPS) is 19.3. The highest BCUT2D eigenvalue weighted by molar-refractivity contribution is 5.36. The lowest BCUT2D eigenvalue weighted by Crippen LogP contribution is -2.24. The van der Waals surface area contributed by atoms with Gasteiger partial charge in [0.05, 0.1) is 5.56 Å². The lowest BCUT2D eigenvalue weighted by molar-refractivity contribution is -0.187. The van der Waals surface area contributed by atoms with Crippen LogP contribution in [0.4, 0.5) is 30.7 Å². The van der Waals surface area contributed by atoms with Crippen LogP contribution < -0.4 is 9.47 Å². The number of hydrogen-bond acceptors (Lipinski definition) is 2. The zero-order valence-electron chi connectivity index (χ0n) is 17.3. The minimum atomic E-state index is -4.26. The molecule has 0 amide bonds. The minimum Gasteiger partial charge on any atom is -0.429 e. The maximum Gasteiger partial charge on any atom is 0.429 e. The molecule has 0 N–H and O–H groups in total. The Balaban J connectivity index is 1.75. The summed E-state index contributed by atoms with van der Waals surface area (Å²) in [5, 5.41) is 0. The zero-order valence-corrected chi connectivity index (χ0v) is 17.3. The molecule has 9 heteroatoms. The highest BCUT2D eigenvalue weighted by atomic mass is 19.3. The van der Waals surface area contributed by atoms with E-state index in [1.165, 1.54) is 6.07 Å². The van der Waals surface area contributed by atoms with Gasteiger partial charge in [0.25, 0.3) is 0 Å². The first kappa shape index (κ1) is 24.2. The standard InChI is InChI=1S/C23H23F7O2/c1-2-3-13-4-6-14(7-5-13)15-8-9-17(18(24)10-15)23(29,30)32-16-11-19(25)21(20(26)12-16)31-22(27)28/h8-14,22H,2-7H2,1H3. The molecule has 0 spiro atoms. The van der Waals surface area contributed by atoms with Crippen LogP contribution in [0.25, 0.3) is 0 Å². The van der Waals surface area contributed by atoms with E-state index >= 15 is 0 Å². The van der Waals surface area contributed by atoms with Crippen molar-refractivity contribution in [2.75, 3.05) is 0 Å². The molecule has 1 aliphatic carbocycles. The summed E-state index contributed by atoms with van der Waals surface area (Å²) >= 11 is 0. The van der Waals surface area contributed by atoms with Gasteiger partial charge in [0, 0.05) is 12.1 Å². The lowest BCUT2D eigenvalue weighted by Gasteiger charge is -2.29. The van der Waals surface area contributed by atoms with Crippen molar-refractivity contribution >= 4 is 0 Å². The van der Waals surface area contributed by atoms with Crippen molar-refractivity contribution in [1.82, 2.24) is 0 Å². The van der Waals surface area contributed by atoms with Crippen LogP contribution in [0.15, 0.2) is 30.3 Å². The molecule has 0 aromatic heterocycles. The van der Waals surface area contributed by atoms with Gasteiger partial charge in [-0.2, -0.15) is 17.6 Å². The molecule has 1 saturated carbocycles. The smallest absolute Gasteiger partial charge is 0.429 e. The molecule has 0 bridgehead atoms. The van der Waals surface area contributed by atoms with E-state index in [0.717, 1.165) is 50.7 Å². The van der Waals surface area contributed by atoms with Gasteiger partial charge >= 0.3 is 12.7 Å². The monoisotopic (exact) mass is 464 g/mol. The van der Waals surface area contributed by atoms with Gasteiger partial charge in [-0.25, -0.2) is 13.2 Å². The summed E-state index contributed by atoms with van der Waals surface area (Å²) in [6.45, 7) is -1.39. The summed E-state index contributed by atoms with van der Waals surface area (Å²) in [6.07, 6.45) is 1.69. The SMILES string of the molecule is CCCC1CCC(c2ccc(C(F)(F)Oc3cc(F)c(OC(F)F)c(F)c3)c(F)c2)CC1. The molecular formula is C23H23F7O2. The van der Waals surface area contributed by atoms with Crippen molar-refractivity contribution in [2.24, 2.45) is 5.92 Å². The number of rotatable bonds is 8. The van der Waals surface area contributed by atoms with Gasteiger partial charge < -0.3 is 9.47 Å². The largest absolute Gasteiger partial charge is 0.429 e. The van der Waals surface area contributed by atoms with Crippen molar-refractivity contribution < 1.29 is 40.2 Å². The summed E-state index contributed by atoms with van der Waals surface area (Å²) in [5.41, 5.74) is -0.489. The molecule has 0 saturated heterocycles. The first-order chi connectivity index (χ1) is 15.1. The second-order valence-electron chi connectivity index (χ2n) is 7.96. The van der Waals surface area contributed by atoms with Crippen LogP contribution in [-0.4, -0.2) is 6.61 Å². The summed E-state index contributed by atoms with van der Waals surface area (Å²) in [5.74, 6) is -6.26. The maximum absolute atomic E-state index is 14.6. The molecule has 1 aliphatic rings. The molecule has 2 nitrogen and oxygen atoms in total. The second-order valence-corrected chi connectivity index (χ2v) is 7.96. The molecule has 0 atom stereocenters. The van der Waals surface area contributed by atoms with Crippen LogP contribution in [0.1, 0.15) is 62.5 Å². The Morgan fingerprint density at radius 3 is 2.09 bits per heavy atom. The van der Waals surface area contributed by atoms with Gasteiger partial charge in [-0.3, -0.25) is 0 Å². The summed E-state index contributed by atoms with van der Waals surface area (Å²) in [4.78, 5) is 0. The van der Waals surface area contributed by atoms with Crippen molar-refractivity contribution in [3.63, 3.8) is 0 Å². The van der Waals surface area contributed by atoms with Gasteiger partial charge in [0.1, 0.15) is 11.6 Å². The van der Waals surface area contributed by atoms with E-state index in [-0.39, 0.29) is 18.1 Å². The van der Waals surface area contributed by atoms with Crippen molar-refractivity contribution in [3.05, 3.63) is 58.9 Å². The van der Waals surface area contributed by atoms with E-state index < -0.39 is 47.2 Å². The molecule has 32 heavy (non-hydrogen) atoms. The van der Waals surface area contributed by atoms with E-state index in [4.69, 9.17) is 0 Å². The van der Waals surface area contributed by atoms with Crippen LogP contribution in [0.5, 0.6) is 11.5 Å². The third kappa shape index (κ3) is 5.66. The predicted octanol–water partition coefficient (Wildman–Crippen LogP) is 7.91. The van der Waals surface area contributed by atoms with E-state index in [1.807, 2.05) is 0 Å². The fraction of sp³-hybridized carbons (Fsp3) is 0.478. The number of halogens is 7. The van der Waals surface area contributed by atoms with Gasteiger partial charge in [0.15, 0.2) is 17.4 Å². The quantitative estimate of drug-likeness (QED) is 0.370. The maximum atomic E-state index is 14.6. The predicted molar refractivity (Wildman–Crippen MR) is 104 cm³/mol. The first-order valence-corrected chi connectivity index (χ1v) is 10.4. The fourth-order valence-corrected chi connectivity index (χ4v) is 4.21. The van der Waals surface area contributed by atoms with Gasteiger partial charge in [-0.15, -0.1) is 0 Å². The molecule has 2 aromatic rings. The number of ether oxygens (including phenoxy) is 2. The van der Waals surface area contributed by atoms with E-state index in [2.05, 4.69) is 16.4 Å². The third-order valence-electron chi connectivity index (χ3n) is 5.75. The van der Waals surface area contributed by atoms with Crippen LogP contribution >= 0.6 is 0 Å². The summed E-state index contributed by atoms with van der Waals surface area (Å²) < 4.78 is 104.